The molecule has 0 aromatic carbocycles. The zero-order valence-corrected chi connectivity index (χ0v) is 10.5. The van der Waals surface area contributed by atoms with Crippen LogP contribution in [0.3, 0.4) is 0 Å². The van der Waals surface area contributed by atoms with Gasteiger partial charge in [-0.25, -0.2) is 0 Å². The van der Waals surface area contributed by atoms with Gasteiger partial charge in [0.1, 0.15) is 6.17 Å². The van der Waals surface area contributed by atoms with E-state index in [4.69, 9.17) is 0 Å². The van der Waals surface area contributed by atoms with Gasteiger partial charge in [0.05, 0.1) is 0 Å². The van der Waals surface area contributed by atoms with Gasteiger partial charge >= 0.3 is 0 Å². The van der Waals surface area contributed by atoms with E-state index in [9.17, 15) is 0 Å². The summed E-state index contributed by atoms with van der Waals surface area (Å²) in [5, 5.41) is 10.7. The lowest BCUT2D eigenvalue weighted by atomic mass is 9.94. The first-order valence-electron chi connectivity index (χ1n) is 6.72. The normalized spacial score (nSPS) is 27.9. The van der Waals surface area contributed by atoms with Crippen LogP contribution < -0.4 is 16.0 Å². The van der Waals surface area contributed by atoms with E-state index < -0.39 is 0 Å². The second-order valence-electron chi connectivity index (χ2n) is 4.96. The average molecular weight is 231 g/mol. The SMILES string of the molecule is CCC1=C(C2NC3=C(CNCC3)N2)C=CCC1. The minimum absolute atomic E-state index is 0.311. The smallest absolute Gasteiger partial charge is 0.123 e. The Bertz CT molecular complexity index is 386. The van der Waals surface area contributed by atoms with Gasteiger partial charge in [-0.05, 0) is 24.8 Å². The summed E-state index contributed by atoms with van der Waals surface area (Å²) in [4.78, 5) is 0. The van der Waals surface area contributed by atoms with Gasteiger partial charge in [0, 0.05) is 30.9 Å². The molecule has 0 saturated heterocycles. The number of allylic oxidation sites excluding steroid dienone is 2. The monoisotopic (exact) mass is 231 g/mol. The molecule has 0 amide bonds. The highest BCUT2D eigenvalue weighted by Crippen LogP contribution is 2.27. The van der Waals surface area contributed by atoms with Crippen molar-refractivity contribution < 1.29 is 0 Å². The Morgan fingerprint density at radius 2 is 2.12 bits per heavy atom. The van der Waals surface area contributed by atoms with E-state index in [0.717, 1.165) is 19.5 Å². The van der Waals surface area contributed by atoms with Gasteiger partial charge in [0.2, 0.25) is 0 Å². The summed E-state index contributed by atoms with van der Waals surface area (Å²) in [5.74, 6) is 0. The van der Waals surface area contributed by atoms with E-state index in [-0.39, 0.29) is 0 Å². The molecule has 2 aliphatic heterocycles. The molecular weight excluding hydrogens is 210 g/mol. The number of rotatable bonds is 2. The summed E-state index contributed by atoms with van der Waals surface area (Å²) in [6.45, 7) is 4.34. The maximum Gasteiger partial charge on any atom is 0.123 e. The van der Waals surface area contributed by atoms with E-state index in [1.165, 1.54) is 36.2 Å². The van der Waals surface area contributed by atoms with Gasteiger partial charge in [0.25, 0.3) is 0 Å². The van der Waals surface area contributed by atoms with Crippen LogP contribution in [0.15, 0.2) is 34.7 Å². The Labute approximate surface area is 103 Å². The molecule has 0 aromatic rings. The molecule has 17 heavy (non-hydrogen) atoms. The molecule has 0 saturated carbocycles. The summed E-state index contributed by atoms with van der Waals surface area (Å²) in [5.41, 5.74) is 5.84. The van der Waals surface area contributed by atoms with Crippen molar-refractivity contribution in [2.45, 2.75) is 38.8 Å². The average Bonchev–Trinajstić information content (AvgIpc) is 2.82. The summed E-state index contributed by atoms with van der Waals surface area (Å²) < 4.78 is 0. The van der Waals surface area contributed by atoms with Crippen molar-refractivity contribution in [2.75, 3.05) is 13.1 Å². The van der Waals surface area contributed by atoms with Gasteiger partial charge in [-0.2, -0.15) is 0 Å². The van der Waals surface area contributed by atoms with E-state index in [1.807, 2.05) is 0 Å². The highest BCUT2D eigenvalue weighted by molar-refractivity contribution is 5.38. The summed E-state index contributed by atoms with van der Waals surface area (Å²) in [6, 6.07) is 0. The van der Waals surface area contributed by atoms with Crippen molar-refractivity contribution in [3.63, 3.8) is 0 Å². The molecule has 3 N–H and O–H groups in total. The van der Waals surface area contributed by atoms with Crippen molar-refractivity contribution in [1.82, 2.24) is 16.0 Å². The molecule has 0 aromatic heterocycles. The maximum absolute atomic E-state index is 3.65. The molecule has 92 valence electrons. The number of hydrogen-bond donors (Lipinski definition) is 3. The fraction of sp³-hybridized carbons (Fsp3) is 0.571. The molecule has 3 aliphatic rings. The van der Waals surface area contributed by atoms with Crippen molar-refractivity contribution in [1.29, 1.82) is 0 Å². The molecule has 0 bridgehead atoms. The van der Waals surface area contributed by atoms with Crippen LogP contribution in [-0.4, -0.2) is 19.3 Å². The fourth-order valence-electron chi connectivity index (χ4n) is 2.93. The van der Waals surface area contributed by atoms with Crippen molar-refractivity contribution in [3.05, 3.63) is 34.7 Å². The Kier molecular flexibility index (Phi) is 2.93. The second-order valence-corrected chi connectivity index (χ2v) is 4.96. The van der Waals surface area contributed by atoms with Crippen molar-refractivity contribution in [2.24, 2.45) is 0 Å². The summed E-state index contributed by atoms with van der Waals surface area (Å²) >= 11 is 0. The summed E-state index contributed by atoms with van der Waals surface area (Å²) in [6.07, 6.45) is 9.64. The molecule has 0 radical (unpaired) electrons. The largest absolute Gasteiger partial charge is 0.364 e. The zero-order valence-electron chi connectivity index (χ0n) is 10.5. The van der Waals surface area contributed by atoms with Crippen LogP contribution in [0.1, 0.15) is 32.6 Å². The molecule has 3 heteroatoms. The van der Waals surface area contributed by atoms with Crippen LogP contribution in [-0.2, 0) is 0 Å². The first kappa shape index (κ1) is 10.9. The van der Waals surface area contributed by atoms with Gasteiger partial charge < -0.3 is 16.0 Å². The Balaban J connectivity index is 1.79. The maximum atomic E-state index is 3.65. The van der Waals surface area contributed by atoms with Crippen LogP contribution >= 0.6 is 0 Å². The van der Waals surface area contributed by atoms with Crippen LogP contribution in [0, 0.1) is 0 Å². The van der Waals surface area contributed by atoms with E-state index in [2.05, 4.69) is 35.0 Å². The Hall–Kier alpha value is -1.22. The zero-order chi connectivity index (χ0) is 11.7. The molecule has 1 aliphatic carbocycles. The molecule has 3 rings (SSSR count). The minimum atomic E-state index is 0.311. The third-order valence-electron chi connectivity index (χ3n) is 3.91. The van der Waals surface area contributed by atoms with Crippen LogP contribution in [0.5, 0.6) is 0 Å². The molecule has 1 unspecified atom stereocenters. The highest BCUT2D eigenvalue weighted by Gasteiger charge is 2.27. The lowest BCUT2D eigenvalue weighted by Crippen LogP contribution is -2.36. The van der Waals surface area contributed by atoms with Crippen LogP contribution in [0.4, 0.5) is 0 Å². The fourth-order valence-corrected chi connectivity index (χ4v) is 2.93. The summed E-state index contributed by atoms with van der Waals surface area (Å²) in [7, 11) is 0. The minimum Gasteiger partial charge on any atom is -0.364 e. The second kappa shape index (κ2) is 4.57. The highest BCUT2D eigenvalue weighted by atomic mass is 15.2. The van der Waals surface area contributed by atoms with Gasteiger partial charge in [0.15, 0.2) is 0 Å². The standard InChI is InChI=1S/C14H21N3/c1-2-10-5-3-4-6-11(10)14-16-12-7-8-15-9-13(12)17-14/h4,6,14-17H,2-3,5,7-9H2,1H3. The predicted molar refractivity (Wildman–Crippen MR) is 70.3 cm³/mol. The van der Waals surface area contributed by atoms with E-state index in [0.29, 0.717) is 6.17 Å². The van der Waals surface area contributed by atoms with Crippen LogP contribution in [0.25, 0.3) is 0 Å². The van der Waals surface area contributed by atoms with Crippen LogP contribution in [0.2, 0.25) is 0 Å². The number of nitrogens with one attached hydrogen (secondary N) is 3. The molecule has 3 nitrogen and oxygen atoms in total. The number of hydrogen-bond acceptors (Lipinski definition) is 3. The van der Waals surface area contributed by atoms with Gasteiger partial charge in [-0.15, -0.1) is 0 Å². The van der Waals surface area contributed by atoms with Gasteiger partial charge in [-0.1, -0.05) is 24.6 Å². The molecule has 0 spiro atoms. The lowest BCUT2D eigenvalue weighted by molar-refractivity contribution is 0.618. The van der Waals surface area contributed by atoms with E-state index >= 15 is 0 Å². The topological polar surface area (TPSA) is 36.1 Å². The van der Waals surface area contributed by atoms with Crippen molar-refractivity contribution >= 4 is 0 Å². The first-order chi connectivity index (χ1) is 8.38. The lowest BCUT2D eigenvalue weighted by Gasteiger charge is -2.22. The molecule has 0 fully saturated rings. The molecule has 2 heterocycles. The third-order valence-corrected chi connectivity index (χ3v) is 3.91. The molecular formula is C14H21N3. The predicted octanol–water partition coefficient (Wildman–Crippen LogP) is 1.77. The molecule has 1 atom stereocenters. The quantitative estimate of drug-likeness (QED) is 0.678. The van der Waals surface area contributed by atoms with Crippen molar-refractivity contribution in [3.8, 4) is 0 Å². The Morgan fingerprint density at radius 3 is 2.94 bits per heavy atom. The first-order valence-corrected chi connectivity index (χ1v) is 6.72. The van der Waals surface area contributed by atoms with E-state index in [1.54, 1.807) is 5.57 Å². The third kappa shape index (κ3) is 2.00. The van der Waals surface area contributed by atoms with Gasteiger partial charge in [-0.3, -0.25) is 0 Å². The Morgan fingerprint density at radius 1 is 1.24 bits per heavy atom.